The number of carbonyl (C=O) groups excluding carboxylic acids is 2. The second-order valence-electron chi connectivity index (χ2n) is 14.7. The number of allylic oxidation sites excluding steroid dienone is 9. The summed E-state index contributed by atoms with van der Waals surface area (Å²) in [4.78, 5) is 31.7. The smallest absolute Gasteiger partial charge is 0.349 e. The lowest BCUT2D eigenvalue weighted by molar-refractivity contribution is -0.222. The highest BCUT2D eigenvalue weighted by Crippen LogP contribution is 2.50. The summed E-state index contributed by atoms with van der Waals surface area (Å²) in [5.74, 6) is -2.59. The average molecular weight is 633 g/mol. The van der Waals surface area contributed by atoms with Crippen LogP contribution in [-0.4, -0.2) is 30.8 Å². The van der Waals surface area contributed by atoms with Gasteiger partial charge in [0.05, 0.1) is 0 Å². The van der Waals surface area contributed by atoms with Crippen molar-refractivity contribution in [3.63, 3.8) is 0 Å². The third kappa shape index (κ3) is 5.36. The van der Waals surface area contributed by atoms with Crippen LogP contribution >= 0.6 is 0 Å². The van der Waals surface area contributed by atoms with Crippen molar-refractivity contribution in [1.82, 2.24) is 0 Å². The summed E-state index contributed by atoms with van der Waals surface area (Å²) in [5, 5.41) is 0. The first-order chi connectivity index (χ1) is 22.1. The molecule has 3 aliphatic heterocycles. The maximum absolute atomic E-state index is 13.5. The third-order valence-electron chi connectivity index (χ3n) is 10.3. The topological polar surface area (TPSA) is 59.1 Å². The van der Waals surface area contributed by atoms with Crippen LogP contribution in [0.4, 0.5) is 11.4 Å². The Bertz CT molecular complexity index is 1720. The summed E-state index contributed by atoms with van der Waals surface area (Å²) in [5.41, 5.74) is 12.0. The van der Waals surface area contributed by atoms with E-state index in [9.17, 15) is 9.59 Å². The molecule has 0 radical (unpaired) electrons. The van der Waals surface area contributed by atoms with E-state index in [0.29, 0.717) is 18.4 Å². The molecule has 0 aromatic heterocycles. The fourth-order valence-electron chi connectivity index (χ4n) is 7.86. The van der Waals surface area contributed by atoms with E-state index in [4.69, 9.17) is 9.47 Å². The van der Waals surface area contributed by atoms with Gasteiger partial charge in [-0.05, 0) is 87.1 Å². The minimum atomic E-state index is -1.31. The quantitative estimate of drug-likeness (QED) is 0.191. The highest BCUT2D eigenvalue weighted by atomic mass is 16.7. The van der Waals surface area contributed by atoms with Crippen LogP contribution in [-0.2, 0) is 29.9 Å². The van der Waals surface area contributed by atoms with Gasteiger partial charge in [-0.1, -0.05) is 75.2 Å². The summed E-state index contributed by atoms with van der Waals surface area (Å²) < 4.78 is 11.2. The Balaban J connectivity index is 1.48. The Hall–Kier alpha value is -4.32. The third-order valence-corrected chi connectivity index (χ3v) is 10.3. The molecule has 0 N–H and O–H groups in total. The van der Waals surface area contributed by atoms with E-state index in [0.717, 1.165) is 24.2 Å². The van der Waals surface area contributed by atoms with Gasteiger partial charge in [0.1, 0.15) is 0 Å². The molecule has 47 heavy (non-hydrogen) atoms. The van der Waals surface area contributed by atoms with Crippen LogP contribution in [0.2, 0.25) is 0 Å². The van der Waals surface area contributed by atoms with Crippen molar-refractivity contribution in [3.8, 4) is 0 Å². The zero-order chi connectivity index (χ0) is 34.1. The van der Waals surface area contributed by atoms with Gasteiger partial charge in [-0.15, -0.1) is 0 Å². The average Bonchev–Trinajstić information content (AvgIpc) is 3.54. The van der Waals surface area contributed by atoms with Crippen LogP contribution in [0.1, 0.15) is 90.5 Å². The van der Waals surface area contributed by atoms with Crippen molar-refractivity contribution in [2.45, 2.75) is 98.7 Å². The van der Waals surface area contributed by atoms with E-state index in [-0.39, 0.29) is 16.4 Å². The number of benzene rings is 2. The first-order valence-corrected chi connectivity index (χ1v) is 16.9. The summed E-state index contributed by atoms with van der Waals surface area (Å²) in [7, 11) is 0. The molecule has 6 rings (SSSR count). The molecule has 3 heterocycles. The van der Waals surface area contributed by atoms with Crippen LogP contribution in [0.25, 0.3) is 0 Å². The van der Waals surface area contributed by atoms with Crippen molar-refractivity contribution in [2.24, 2.45) is 0 Å². The Kier molecular flexibility index (Phi) is 7.93. The van der Waals surface area contributed by atoms with Crippen LogP contribution in [0.15, 0.2) is 94.4 Å². The molecule has 2 aromatic carbocycles. The predicted molar refractivity (Wildman–Crippen MR) is 189 cm³/mol. The Labute approximate surface area is 280 Å². The lowest BCUT2D eigenvalue weighted by atomic mass is 9.83. The molecule has 6 nitrogen and oxygen atoms in total. The van der Waals surface area contributed by atoms with Gasteiger partial charge in [0.25, 0.3) is 5.79 Å². The molecule has 0 atom stereocenters. The number of nitrogens with zero attached hydrogens (tertiary/aromatic N) is 2. The fourth-order valence-corrected chi connectivity index (χ4v) is 7.86. The number of aryl methyl sites for hydroxylation is 2. The molecule has 0 amide bonds. The first-order valence-electron chi connectivity index (χ1n) is 16.9. The van der Waals surface area contributed by atoms with Crippen molar-refractivity contribution >= 4 is 23.3 Å². The van der Waals surface area contributed by atoms with Crippen molar-refractivity contribution in [3.05, 3.63) is 117 Å². The van der Waals surface area contributed by atoms with E-state index in [1.54, 1.807) is 13.8 Å². The van der Waals surface area contributed by atoms with Gasteiger partial charge < -0.3 is 19.3 Å². The number of hydrogen-bond acceptors (Lipinski definition) is 6. The first kappa shape index (κ1) is 32.6. The van der Waals surface area contributed by atoms with Gasteiger partial charge >= 0.3 is 11.9 Å². The number of hydrogen-bond donors (Lipinski definition) is 0. The fraction of sp³-hybridized carbons (Fsp3) is 0.415. The number of anilines is 2. The minimum Gasteiger partial charge on any atom is -0.419 e. The van der Waals surface area contributed by atoms with Gasteiger partial charge in [-0.2, -0.15) is 0 Å². The number of rotatable bonds is 4. The van der Waals surface area contributed by atoms with Gasteiger partial charge in [0.15, 0.2) is 5.57 Å². The Morgan fingerprint density at radius 3 is 1.43 bits per heavy atom. The van der Waals surface area contributed by atoms with Crippen LogP contribution < -0.4 is 9.80 Å². The van der Waals surface area contributed by atoms with Gasteiger partial charge in [0, 0.05) is 66.1 Å². The molecule has 1 aliphatic carbocycles. The minimum absolute atomic E-state index is 0.0231. The SMILES string of the molecule is CCN1/C(=C/C=C2\CC/C(=C\C=C3\N(CC)c4ccc(C)cc4C3(C)C)C2=C2C(=O)OC(C)(C)OC2=O)C(C)(C)c2cc(C)ccc21. The Morgan fingerprint density at radius 1 is 0.638 bits per heavy atom. The molecule has 0 spiro atoms. The second-order valence-corrected chi connectivity index (χ2v) is 14.7. The van der Waals surface area contributed by atoms with Crippen molar-refractivity contribution in [1.29, 1.82) is 0 Å². The number of likely N-dealkylation sites (N-methyl/N-ethyl adjacent to an activating group) is 2. The predicted octanol–water partition coefficient (Wildman–Crippen LogP) is 8.79. The van der Waals surface area contributed by atoms with Crippen molar-refractivity contribution < 1.29 is 19.1 Å². The molecule has 0 bridgehead atoms. The molecule has 4 aliphatic rings. The van der Waals surface area contributed by atoms with Gasteiger partial charge in [0.2, 0.25) is 0 Å². The lowest BCUT2D eigenvalue weighted by Crippen LogP contribution is -2.42. The number of carbonyl (C=O) groups is 2. The normalized spacial score (nSPS) is 24.5. The summed E-state index contributed by atoms with van der Waals surface area (Å²) in [6, 6.07) is 13.3. The van der Waals surface area contributed by atoms with E-state index in [2.05, 4.69) is 126 Å². The summed E-state index contributed by atoms with van der Waals surface area (Å²) >= 11 is 0. The molecular weight excluding hydrogens is 584 g/mol. The molecule has 246 valence electrons. The lowest BCUT2D eigenvalue weighted by Gasteiger charge is -2.31. The molecule has 1 saturated carbocycles. The molecule has 2 aromatic rings. The van der Waals surface area contributed by atoms with Crippen molar-refractivity contribution in [2.75, 3.05) is 22.9 Å². The van der Waals surface area contributed by atoms with Gasteiger partial charge in [-0.3, -0.25) is 0 Å². The molecule has 1 saturated heterocycles. The second kappa shape index (κ2) is 11.4. The molecule has 6 heteroatoms. The van der Waals surface area contributed by atoms with E-state index in [1.165, 1.54) is 45.0 Å². The molecular formula is C41H48N2O4. The van der Waals surface area contributed by atoms with E-state index >= 15 is 0 Å². The Morgan fingerprint density at radius 2 is 1.04 bits per heavy atom. The standard InChI is InChI=1S/C41H48N2O4/c1-11-42-31-19-13-25(3)23-29(31)39(5,6)33(42)21-17-27-15-16-28(35(27)36-37(44)46-41(9,10)47-38(36)45)18-22-34-40(7,8)30-24-26(4)14-20-32(30)43(34)12-2/h13-14,17-24H,11-12,15-16H2,1-10H3/b27-17+,28-18+,33-21+,34-22+. The highest BCUT2D eigenvalue weighted by Gasteiger charge is 2.44. The van der Waals surface area contributed by atoms with E-state index < -0.39 is 17.7 Å². The van der Waals surface area contributed by atoms with E-state index in [1.807, 2.05) is 0 Å². The monoisotopic (exact) mass is 632 g/mol. The summed E-state index contributed by atoms with van der Waals surface area (Å²) in [6.07, 6.45) is 9.95. The number of ether oxygens (including phenoxy) is 2. The maximum Gasteiger partial charge on any atom is 0.349 e. The summed E-state index contributed by atoms with van der Waals surface area (Å²) in [6.45, 7) is 22.5. The number of fused-ring (bicyclic) bond motifs is 2. The molecule has 2 fully saturated rings. The largest absolute Gasteiger partial charge is 0.419 e. The van der Waals surface area contributed by atoms with Gasteiger partial charge in [-0.25, -0.2) is 9.59 Å². The maximum atomic E-state index is 13.5. The zero-order valence-corrected chi connectivity index (χ0v) is 29.6. The molecule has 0 unspecified atom stereocenters. The van der Waals surface area contributed by atoms with Crippen LogP contribution in [0, 0.1) is 13.8 Å². The van der Waals surface area contributed by atoms with Crippen LogP contribution in [0.3, 0.4) is 0 Å². The zero-order valence-electron chi connectivity index (χ0n) is 29.6. The highest BCUT2D eigenvalue weighted by molar-refractivity contribution is 6.17. The number of cyclic esters (lactones) is 2. The van der Waals surface area contributed by atoms with Crippen LogP contribution in [0.5, 0.6) is 0 Å². The number of esters is 2.